The fraction of sp³-hybridized carbons (Fsp3) is 0.0714. The van der Waals surface area contributed by atoms with Crippen molar-refractivity contribution in [3.8, 4) is 0 Å². The second-order valence-electron chi connectivity index (χ2n) is 3.95. The third-order valence-electron chi connectivity index (χ3n) is 2.61. The molecule has 4 nitrogen and oxygen atoms in total. The van der Waals surface area contributed by atoms with Gasteiger partial charge in [-0.3, -0.25) is 4.90 Å². The van der Waals surface area contributed by atoms with Gasteiger partial charge in [0.15, 0.2) is 0 Å². The monoisotopic (exact) mass is 241 g/mol. The Morgan fingerprint density at radius 1 is 1.06 bits per heavy atom. The van der Waals surface area contributed by atoms with Crippen molar-refractivity contribution in [1.82, 2.24) is 0 Å². The summed E-state index contributed by atoms with van der Waals surface area (Å²) in [5, 5.41) is 2.81. The van der Waals surface area contributed by atoms with Crippen LogP contribution in [-0.4, -0.2) is 13.1 Å². The third-order valence-corrected chi connectivity index (χ3v) is 2.61. The Morgan fingerprint density at radius 3 is 2.28 bits per heavy atom. The van der Waals surface area contributed by atoms with Crippen molar-refractivity contribution in [3.05, 3.63) is 54.6 Å². The minimum absolute atomic E-state index is 0.189. The molecule has 2 aromatic carbocycles. The van der Waals surface area contributed by atoms with Gasteiger partial charge in [0.1, 0.15) is 0 Å². The van der Waals surface area contributed by atoms with Crippen LogP contribution >= 0.6 is 0 Å². The van der Waals surface area contributed by atoms with Crippen LogP contribution in [0.25, 0.3) is 0 Å². The van der Waals surface area contributed by atoms with E-state index in [2.05, 4.69) is 5.32 Å². The van der Waals surface area contributed by atoms with Crippen LogP contribution in [0.1, 0.15) is 0 Å². The summed E-state index contributed by atoms with van der Waals surface area (Å²) >= 11 is 0. The normalized spacial score (nSPS) is 9.83. The number of benzene rings is 2. The summed E-state index contributed by atoms with van der Waals surface area (Å²) in [6.45, 7) is 0. The number of carbonyl (C=O) groups is 1. The van der Waals surface area contributed by atoms with Gasteiger partial charge in [-0.15, -0.1) is 0 Å². The molecule has 0 spiro atoms. The largest absolute Gasteiger partial charge is 0.399 e. The van der Waals surface area contributed by atoms with Gasteiger partial charge in [0, 0.05) is 24.1 Å². The van der Waals surface area contributed by atoms with Gasteiger partial charge in [-0.1, -0.05) is 18.2 Å². The van der Waals surface area contributed by atoms with Gasteiger partial charge in [-0.05, 0) is 36.4 Å². The highest BCUT2D eigenvalue weighted by Gasteiger charge is 2.10. The number of carbonyl (C=O) groups excluding carboxylic acids is 1. The van der Waals surface area contributed by atoms with Crippen molar-refractivity contribution in [2.45, 2.75) is 0 Å². The molecule has 3 N–H and O–H groups in total. The Labute approximate surface area is 106 Å². The summed E-state index contributed by atoms with van der Waals surface area (Å²) in [6, 6.07) is 16.3. The molecule has 0 fully saturated rings. The van der Waals surface area contributed by atoms with Crippen LogP contribution in [0.15, 0.2) is 54.6 Å². The maximum Gasteiger partial charge on any atom is 0.326 e. The molecule has 4 heteroatoms. The number of nitrogen functional groups attached to an aromatic ring is 1. The number of para-hydroxylation sites is 1. The van der Waals surface area contributed by atoms with Crippen LogP contribution < -0.4 is 16.0 Å². The molecule has 0 radical (unpaired) electrons. The lowest BCUT2D eigenvalue weighted by atomic mass is 10.2. The maximum absolute atomic E-state index is 12.0. The first-order valence-electron chi connectivity index (χ1n) is 5.62. The van der Waals surface area contributed by atoms with Gasteiger partial charge in [0.25, 0.3) is 0 Å². The molecule has 0 aliphatic carbocycles. The zero-order valence-electron chi connectivity index (χ0n) is 10.1. The predicted molar refractivity (Wildman–Crippen MR) is 74.7 cm³/mol. The minimum atomic E-state index is -0.189. The van der Waals surface area contributed by atoms with E-state index in [0.717, 1.165) is 11.4 Å². The number of rotatable bonds is 2. The highest BCUT2D eigenvalue weighted by molar-refractivity contribution is 6.01. The number of nitrogens with two attached hydrogens (primary N) is 1. The molecular formula is C14H15N3O. The van der Waals surface area contributed by atoms with E-state index in [4.69, 9.17) is 5.73 Å². The first-order chi connectivity index (χ1) is 8.66. The van der Waals surface area contributed by atoms with Crippen molar-refractivity contribution >= 4 is 23.1 Å². The van der Waals surface area contributed by atoms with Gasteiger partial charge >= 0.3 is 6.03 Å². The quantitative estimate of drug-likeness (QED) is 0.794. The molecule has 2 amide bonds. The topological polar surface area (TPSA) is 58.4 Å². The molecule has 0 saturated carbocycles. The average Bonchev–Trinajstić information content (AvgIpc) is 2.40. The van der Waals surface area contributed by atoms with E-state index < -0.39 is 0 Å². The van der Waals surface area contributed by atoms with Crippen molar-refractivity contribution in [1.29, 1.82) is 0 Å². The van der Waals surface area contributed by atoms with E-state index in [1.54, 1.807) is 31.3 Å². The number of nitrogens with one attached hydrogen (secondary N) is 1. The minimum Gasteiger partial charge on any atom is -0.399 e. The number of nitrogens with zero attached hydrogens (tertiary/aromatic N) is 1. The number of hydrogen-bond donors (Lipinski definition) is 2. The Balaban J connectivity index is 2.07. The summed E-state index contributed by atoms with van der Waals surface area (Å²) in [7, 11) is 1.71. The standard InChI is InChI=1S/C14H15N3O/c1-17(13-9-7-11(15)8-10-13)14(18)16-12-5-3-2-4-6-12/h2-10H,15H2,1H3,(H,16,18). The van der Waals surface area contributed by atoms with Crippen LogP contribution in [0.5, 0.6) is 0 Å². The highest BCUT2D eigenvalue weighted by Crippen LogP contribution is 2.16. The van der Waals surface area contributed by atoms with Crippen molar-refractivity contribution in [2.24, 2.45) is 0 Å². The summed E-state index contributed by atoms with van der Waals surface area (Å²) in [4.78, 5) is 13.5. The molecular weight excluding hydrogens is 226 g/mol. The first kappa shape index (κ1) is 12.0. The van der Waals surface area contributed by atoms with E-state index in [1.165, 1.54) is 4.90 Å². The Hall–Kier alpha value is -2.49. The van der Waals surface area contributed by atoms with Crippen LogP contribution in [-0.2, 0) is 0 Å². The van der Waals surface area contributed by atoms with E-state index in [0.29, 0.717) is 5.69 Å². The third kappa shape index (κ3) is 2.79. The van der Waals surface area contributed by atoms with Crippen LogP contribution in [0.2, 0.25) is 0 Å². The van der Waals surface area contributed by atoms with Crippen molar-refractivity contribution in [3.63, 3.8) is 0 Å². The maximum atomic E-state index is 12.0. The van der Waals surface area contributed by atoms with Gasteiger partial charge in [-0.25, -0.2) is 4.79 Å². The first-order valence-corrected chi connectivity index (χ1v) is 5.62. The van der Waals surface area contributed by atoms with Gasteiger partial charge < -0.3 is 11.1 Å². The molecule has 0 heterocycles. The summed E-state index contributed by atoms with van der Waals surface area (Å²) in [5.41, 5.74) is 7.84. The Morgan fingerprint density at radius 2 is 1.67 bits per heavy atom. The molecule has 0 saturated heterocycles. The van der Waals surface area contributed by atoms with E-state index >= 15 is 0 Å². The molecule has 0 unspecified atom stereocenters. The zero-order chi connectivity index (χ0) is 13.0. The fourth-order valence-corrected chi connectivity index (χ4v) is 1.54. The average molecular weight is 241 g/mol. The number of amides is 2. The predicted octanol–water partition coefficient (Wildman–Crippen LogP) is 2.94. The van der Waals surface area contributed by atoms with Crippen LogP contribution in [0, 0.1) is 0 Å². The molecule has 18 heavy (non-hydrogen) atoms. The highest BCUT2D eigenvalue weighted by atomic mass is 16.2. The second kappa shape index (κ2) is 5.23. The second-order valence-corrected chi connectivity index (χ2v) is 3.95. The van der Waals surface area contributed by atoms with Crippen molar-refractivity contribution < 1.29 is 4.79 Å². The number of anilines is 3. The zero-order valence-corrected chi connectivity index (χ0v) is 10.1. The SMILES string of the molecule is CN(C(=O)Nc1ccccc1)c1ccc(N)cc1. The Kier molecular flexibility index (Phi) is 3.48. The van der Waals surface area contributed by atoms with Gasteiger partial charge in [0.05, 0.1) is 0 Å². The van der Waals surface area contributed by atoms with Crippen LogP contribution in [0.4, 0.5) is 21.9 Å². The van der Waals surface area contributed by atoms with E-state index in [1.807, 2.05) is 30.3 Å². The molecule has 0 aliphatic heterocycles. The summed E-state index contributed by atoms with van der Waals surface area (Å²) in [5.74, 6) is 0. The smallest absolute Gasteiger partial charge is 0.326 e. The molecule has 2 aromatic rings. The van der Waals surface area contributed by atoms with Crippen molar-refractivity contribution in [2.75, 3.05) is 23.0 Å². The number of urea groups is 1. The lowest BCUT2D eigenvalue weighted by Crippen LogP contribution is -2.31. The molecule has 0 atom stereocenters. The Bertz CT molecular complexity index is 522. The summed E-state index contributed by atoms with van der Waals surface area (Å²) in [6.07, 6.45) is 0. The lowest BCUT2D eigenvalue weighted by Gasteiger charge is -2.18. The molecule has 2 rings (SSSR count). The molecule has 92 valence electrons. The lowest BCUT2D eigenvalue weighted by molar-refractivity contribution is 0.258. The molecule has 0 aromatic heterocycles. The molecule has 0 bridgehead atoms. The van der Waals surface area contributed by atoms with Gasteiger partial charge in [-0.2, -0.15) is 0 Å². The van der Waals surface area contributed by atoms with Crippen LogP contribution in [0.3, 0.4) is 0 Å². The fourth-order valence-electron chi connectivity index (χ4n) is 1.54. The molecule has 0 aliphatic rings. The summed E-state index contributed by atoms with van der Waals surface area (Å²) < 4.78 is 0. The van der Waals surface area contributed by atoms with E-state index in [9.17, 15) is 4.79 Å². The number of hydrogen-bond acceptors (Lipinski definition) is 2. The van der Waals surface area contributed by atoms with Gasteiger partial charge in [0.2, 0.25) is 0 Å². The van der Waals surface area contributed by atoms with E-state index in [-0.39, 0.29) is 6.03 Å².